The van der Waals surface area contributed by atoms with Gasteiger partial charge in [-0.25, -0.2) is 0 Å². The Morgan fingerprint density at radius 2 is 0.723 bits per heavy atom. The molecule has 0 heterocycles. The van der Waals surface area contributed by atoms with Crippen LogP contribution in [0.5, 0.6) is 0 Å². The molecule has 0 aliphatic rings. The van der Waals surface area contributed by atoms with Gasteiger partial charge in [0, 0.05) is 12.8 Å². The number of aliphatic hydroxyl groups is 2. The van der Waals surface area contributed by atoms with Crippen molar-refractivity contribution < 1.29 is 24.5 Å². The van der Waals surface area contributed by atoms with Crippen molar-refractivity contribution in [3.05, 3.63) is 36.5 Å². The minimum absolute atomic E-state index is 0.00243. The molecule has 0 aliphatic carbocycles. The molecular weight excluding hydrogens is 803 g/mol. The molecule has 0 aromatic rings. The Labute approximate surface area is 404 Å². The van der Waals surface area contributed by atoms with Crippen LogP contribution in [0.3, 0.4) is 0 Å². The van der Waals surface area contributed by atoms with Crippen LogP contribution >= 0.6 is 0 Å². The van der Waals surface area contributed by atoms with Crippen molar-refractivity contribution in [1.29, 1.82) is 0 Å². The van der Waals surface area contributed by atoms with Gasteiger partial charge in [-0.15, -0.1) is 0 Å². The zero-order valence-corrected chi connectivity index (χ0v) is 43.5. The van der Waals surface area contributed by atoms with Gasteiger partial charge in [-0.05, 0) is 83.5 Å². The van der Waals surface area contributed by atoms with Gasteiger partial charge in [0.25, 0.3) is 0 Å². The van der Waals surface area contributed by atoms with E-state index in [0.29, 0.717) is 19.4 Å². The average Bonchev–Trinajstić information content (AvgIpc) is 3.31. The molecule has 0 aromatic carbocycles. The van der Waals surface area contributed by atoms with Crippen LogP contribution in [0.15, 0.2) is 36.5 Å². The second-order valence-corrected chi connectivity index (χ2v) is 19.6. The molecule has 3 N–H and O–H groups in total. The molecule has 0 aliphatic heterocycles. The summed E-state index contributed by atoms with van der Waals surface area (Å²) in [4.78, 5) is 24.4. The van der Waals surface area contributed by atoms with Crippen molar-refractivity contribution in [1.82, 2.24) is 5.32 Å². The Hall–Kier alpha value is -1.92. The van der Waals surface area contributed by atoms with Crippen LogP contribution in [0, 0.1) is 0 Å². The van der Waals surface area contributed by atoms with E-state index in [1.54, 1.807) is 6.08 Å². The van der Waals surface area contributed by atoms with Crippen molar-refractivity contribution in [2.45, 2.75) is 315 Å². The Bertz CT molecular complexity index is 1060. The smallest absolute Gasteiger partial charge is 0.305 e. The first-order valence-corrected chi connectivity index (χ1v) is 28.8. The van der Waals surface area contributed by atoms with E-state index in [0.717, 1.165) is 44.9 Å². The van der Waals surface area contributed by atoms with Gasteiger partial charge in [-0.1, -0.05) is 243 Å². The average molecular weight is 915 g/mol. The maximum atomic E-state index is 12.4. The molecule has 2 atom stereocenters. The van der Waals surface area contributed by atoms with Gasteiger partial charge in [-0.2, -0.15) is 0 Å². The van der Waals surface area contributed by atoms with Gasteiger partial charge < -0.3 is 20.3 Å². The summed E-state index contributed by atoms with van der Waals surface area (Å²) in [5, 5.41) is 23.0. The summed E-state index contributed by atoms with van der Waals surface area (Å²) in [6.45, 7) is 4.86. The molecule has 0 aromatic heterocycles. The third-order valence-electron chi connectivity index (χ3n) is 13.1. The van der Waals surface area contributed by atoms with Crippen LogP contribution in [0.25, 0.3) is 0 Å². The molecular formula is C59H111NO5. The number of allylic oxidation sites excluding steroid dienone is 5. The summed E-state index contributed by atoms with van der Waals surface area (Å²) >= 11 is 0. The highest BCUT2D eigenvalue weighted by Crippen LogP contribution is 2.16. The minimum Gasteiger partial charge on any atom is -0.466 e. The molecule has 0 saturated carbocycles. The van der Waals surface area contributed by atoms with Gasteiger partial charge in [-0.3, -0.25) is 9.59 Å². The molecule has 6 nitrogen and oxygen atoms in total. The summed E-state index contributed by atoms with van der Waals surface area (Å²) in [6.07, 6.45) is 67.5. The van der Waals surface area contributed by atoms with Crippen molar-refractivity contribution >= 4 is 11.9 Å². The first-order chi connectivity index (χ1) is 32.0. The predicted molar refractivity (Wildman–Crippen MR) is 283 cm³/mol. The molecule has 0 bridgehead atoms. The third-order valence-corrected chi connectivity index (χ3v) is 13.1. The number of rotatable bonds is 53. The van der Waals surface area contributed by atoms with Gasteiger partial charge in [0.1, 0.15) is 0 Å². The molecule has 382 valence electrons. The molecule has 2 unspecified atom stereocenters. The van der Waals surface area contributed by atoms with E-state index in [4.69, 9.17) is 4.74 Å². The highest BCUT2D eigenvalue weighted by atomic mass is 16.5. The van der Waals surface area contributed by atoms with Crippen molar-refractivity contribution in [2.24, 2.45) is 0 Å². The second kappa shape index (κ2) is 54.7. The number of unbranched alkanes of at least 4 members (excludes halogenated alkanes) is 38. The number of nitrogens with one attached hydrogen (secondary N) is 1. The maximum Gasteiger partial charge on any atom is 0.305 e. The fraction of sp³-hybridized carbons (Fsp3) is 0.864. The molecule has 0 saturated heterocycles. The van der Waals surface area contributed by atoms with Crippen LogP contribution in [-0.2, 0) is 14.3 Å². The number of hydrogen-bond donors (Lipinski definition) is 3. The first kappa shape index (κ1) is 63.1. The fourth-order valence-corrected chi connectivity index (χ4v) is 8.68. The van der Waals surface area contributed by atoms with Crippen LogP contribution in [0.2, 0.25) is 0 Å². The van der Waals surface area contributed by atoms with Crippen LogP contribution < -0.4 is 5.32 Å². The minimum atomic E-state index is -0.845. The molecule has 0 fully saturated rings. The zero-order valence-electron chi connectivity index (χ0n) is 43.5. The summed E-state index contributed by atoms with van der Waals surface area (Å²) < 4.78 is 5.46. The molecule has 1 amide bonds. The van der Waals surface area contributed by atoms with E-state index in [2.05, 4.69) is 43.5 Å². The number of ether oxygens (including phenoxy) is 1. The van der Waals surface area contributed by atoms with Crippen LogP contribution in [0.1, 0.15) is 303 Å². The van der Waals surface area contributed by atoms with Crippen LogP contribution in [0.4, 0.5) is 0 Å². The highest BCUT2D eigenvalue weighted by molar-refractivity contribution is 5.76. The molecule has 65 heavy (non-hydrogen) atoms. The van der Waals surface area contributed by atoms with Gasteiger partial charge in [0.05, 0.1) is 25.4 Å². The standard InChI is InChI=1S/C59H111NO5/c1-3-5-7-9-11-13-15-33-37-41-45-49-53-59(64)65-54-50-46-42-38-34-30-28-26-24-22-20-18-16-17-19-21-23-25-27-29-32-36-40-44-48-52-58(63)60-56(55-61)57(62)51-47-43-39-35-31-14-12-10-8-6-4-2/h11,13,17,19,47,51,56-57,61-62H,3-10,12,14-16,18,20-46,48-50,52-55H2,1-2H3,(H,60,63)/b13-11-,19-17-,51-47+. The topological polar surface area (TPSA) is 95.9 Å². The van der Waals surface area contributed by atoms with E-state index in [-0.39, 0.29) is 18.5 Å². The van der Waals surface area contributed by atoms with Gasteiger partial charge in [0.2, 0.25) is 5.91 Å². The third kappa shape index (κ3) is 51.3. The van der Waals surface area contributed by atoms with E-state index in [9.17, 15) is 19.8 Å². The van der Waals surface area contributed by atoms with Gasteiger partial charge in [0.15, 0.2) is 0 Å². The predicted octanol–water partition coefficient (Wildman–Crippen LogP) is 17.6. The summed E-state index contributed by atoms with van der Waals surface area (Å²) in [6, 6.07) is -0.629. The van der Waals surface area contributed by atoms with Gasteiger partial charge >= 0.3 is 5.97 Å². The largest absolute Gasteiger partial charge is 0.466 e. The Balaban J connectivity index is 3.41. The van der Waals surface area contributed by atoms with E-state index >= 15 is 0 Å². The summed E-state index contributed by atoms with van der Waals surface area (Å²) in [7, 11) is 0. The lowest BCUT2D eigenvalue weighted by molar-refractivity contribution is -0.143. The lowest BCUT2D eigenvalue weighted by atomic mass is 10.0. The Morgan fingerprint density at radius 3 is 1.12 bits per heavy atom. The molecule has 0 rings (SSSR count). The Morgan fingerprint density at radius 1 is 0.415 bits per heavy atom. The molecule has 0 spiro atoms. The highest BCUT2D eigenvalue weighted by Gasteiger charge is 2.18. The first-order valence-electron chi connectivity index (χ1n) is 28.8. The van der Waals surface area contributed by atoms with Crippen molar-refractivity contribution in [3.8, 4) is 0 Å². The van der Waals surface area contributed by atoms with E-state index in [1.165, 1.54) is 231 Å². The number of carbonyl (C=O) groups is 2. The number of amides is 1. The Kier molecular flexibility index (Phi) is 53.1. The number of hydrogen-bond acceptors (Lipinski definition) is 5. The SMILES string of the molecule is CCCCC/C=C\CCCCCCCC(=O)OCCCCCCCCCCCCCC/C=C\CCCCCCCCCCCC(=O)NC(CO)C(O)/C=C/CCCCCCCCCCC. The lowest BCUT2D eigenvalue weighted by Crippen LogP contribution is -2.45. The maximum absolute atomic E-state index is 12.4. The fourth-order valence-electron chi connectivity index (χ4n) is 8.68. The van der Waals surface area contributed by atoms with Crippen molar-refractivity contribution in [2.75, 3.05) is 13.2 Å². The molecule has 0 radical (unpaired) electrons. The summed E-state index contributed by atoms with van der Waals surface area (Å²) in [5.41, 5.74) is 0. The van der Waals surface area contributed by atoms with E-state index in [1.807, 2.05) is 6.08 Å². The number of aliphatic hydroxyl groups excluding tert-OH is 2. The molecule has 6 heteroatoms. The normalized spacial score (nSPS) is 12.9. The van der Waals surface area contributed by atoms with Crippen molar-refractivity contribution in [3.63, 3.8) is 0 Å². The zero-order chi connectivity index (χ0) is 47.2. The monoisotopic (exact) mass is 914 g/mol. The quantitative estimate of drug-likeness (QED) is 0.0321. The lowest BCUT2D eigenvalue weighted by Gasteiger charge is -2.20. The van der Waals surface area contributed by atoms with Crippen LogP contribution in [-0.4, -0.2) is 47.4 Å². The number of esters is 1. The second-order valence-electron chi connectivity index (χ2n) is 19.6. The van der Waals surface area contributed by atoms with E-state index < -0.39 is 12.1 Å². The summed E-state index contributed by atoms with van der Waals surface area (Å²) in [5.74, 6) is -0.0700. The number of carbonyl (C=O) groups excluding carboxylic acids is 2.